The molecular weight excluding hydrogens is 255 g/mol. The molecule has 0 saturated heterocycles. The van der Waals surface area contributed by atoms with Gasteiger partial charge in [-0.1, -0.05) is 12.1 Å². The van der Waals surface area contributed by atoms with Crippen LogP contribution in [0.2, 0.25) is 0 Å². The average molecular weight is 272 g/mol. The molecule has 0 fully saturated rings. The van der Waals surface area contributed by atoms with E-state index in [4.69, 9.17) is 15.9 Å². The highest BCUT2D eigenvalue weighted by Gasteiger charge is 2.05. The Morgan fingerprint density at radius 1 is 1.15 bits per heavy atom. The SMILES string of the molecule is Cc1cc(C(=N)N)ccc1COc1ccc(F)cc1C. The number of hydrogen-bond acceptors (Lipinski definition) is 2. The molecule has 0 spiro atoms. The van der Waals surface area contributed by atoms with Crippen LogP contribution in [-0.2, 0) is 6.61 Å². The van der Waals surface area contributed by atoms with Crippen LogP contribution in [-0.4, -0.2) is 5.84 Å². The van der Waals surface area contributed by atoms with Crippen molar-refractivity contribution in [2.45, 2.75) is 20.5 Å². The number of aryl methyl sites for hydroxylation is 2. The summed E-state index contributed by atoms with van der Waals surface area (Å²) < 4.78 is 18.7. The number of hydrogen-bond donors (Lipinski definition) is 2. The summed E-state index contributed by atoms with van der Waals surface area (Å²) in [4.78, 5) is 0. The molecule has 0 amide bonds. The van der Waals surface area contributed by atoms with Crippen molar-refractivity contribution in [1.29, 1.82) is 5.41 Å². The van der Waals surface area contributed by atoms with Gasteiger partial charge in [-0.05, 0) is 54.8 Å². The Kier molecular flexibility index (Phi) is 4.03. The Hall–Kier alpha value is -2.36. The number of rotatable bonds is 4. The smallest absolute Gasteiger partial charge is 0.123 e. The van der Waals surface area contributed by atoms with Crippen LogP contribution in [0.1, 0.15) is 22.3 Å². The highest BCUT2D eigenvalue weighted by molar-refractivity contribution is 5.95. The van der Waals surface area contributed by atoms with Gasteiger partial charge in [0.1, 0.15) is 24.0 Å². The van der Waals surface area contributed by atoms with Crippen LogP contribution in [0.15, 0.2) is 36.4 Å². The van der Waals surface area contributed by atoms with Crippen LogP contribution in [0.5, 0.6) is 5.75 Å². The Morgan fingerprint density at radius 3 is 2.50 bits per heavy atom. The first-order valence-corrected chi connectivity index (χ1v) is 6.30. The van der Waals surface area contributed by atoms with Crippen molar-refractivity contribution in [2.75, 3.05) is 0 Å². The number of nitrogens with two attached hydrogens (primary N) is 1. The zero-order chi connectivity index (χ0) is 14.7. The van der Waals surface area contributed by atoms with Gasteiger partial charge in [0.2, 0.25) is 0 Å². The number of nitrogens with one attached hydrogen (secondary N) is 1. The molecule has 0 aliphatic heterocycles. The maximum absolute atomic E-state index is 13.0. The van der Waals surface area contributed by atoms with E-state index in [-0.39, 0.29) is 11.7 Å². The summed E-state index contributed by atoms with van der Waals surface area (Å²) in [7, 11) is 0. The molecule has 3 nitrogen and oxygen atoms in total. The lowest BCUT2D eigenvalue weighted by Gasteiger charge is -2.12. The van der Waals surface area contributed by atoms with Crippen molar-refractivity contribution in [3.05, 3.63) is 64.5 Å². The summed E-state index contributed by atoms with van der Waals surface area (Å²) in [6.07, 6.45) is 0. The van der Waals surface area contributed by atoms with E-state index in [1.807, 2.05) is 26.0 Å². The fourth-order valence-electron chi connectivity index (χ4n) is 1.96. The molecule has 0 atom stereocenters. The van der Waals surface area contributed by atoms with Crippen LogP contribution >= 0.6 is 0 Å². The Bertz CT molecular complexity index is 653. The quantitative estimate of drug-likeness (QED) is 0.662. The normalized spacial score (nSPS) is 10.3. The van der Waals surface area contributed by atoms with E-state index in [1.54, 1.807) is 12.1 Å². The van der Waals surface area contributed by atoms with Crippen LogP contribution in [0, 0.1) is 25.1 Å². The Balaban J connectivity index is 2.13. The highest BCUT2D eigenvalue weighted by atomic mass is 19.1. The molecule has 0 saturated carbocycles. The molecule has 0 radical (unpaired) electrons. The molecule has 104 valence electrons. The fraction of sp³-hybridized carbons (Fsp3) is 0.188. The first-order valence-electron chi connectivity index (χ1n) is 6.30. The van der Waals surface area contributed by atoms with Gasteiger partial charge in [0.05, 0.1) is 0 Å². The van der Waals surface area contributed by atoms with Gasteiger partial charge in [-0.2, -0.15) is 0 Å². The first kappa shape index (κ1) is 14.1. The second-order valence-corrected chi connectivity index (χ2v) is 4.75. The highest BCUT2D eigenvalue weighted by Crippen LogP contribution is 2.21. The second-order valence-electron chi connectivity index (χ2n) is 4.75. The van der Waals surface area contributed by atoms with Gasteiger partial charge in [0, 0.05) is 5.56 Å². The lowest BCUT2D eigenvalue weighted by atomic mass is 10.1. The van der Waals surface area contributed by atoms with Gasteiger partial charge < -0.3 is 10.5 Å². The zero-order valence-corrected chi connectivity index (χ0v) is 11.5. The van der Waals surface area contributed by atoms with Crippen LogP contribution in [0.25, 0.3) is 0 Å². The third kappa shape index (κ3) is 3.15. The van der Waals surface area contributed by atoms with Gasteiger partial charge in [0.15, 0.2) is 0 Å². The molecular formula is C16H17FN2O. The van der Waals surface area contributed by atoms with Crippen molar-refractivity contribution in [2.24, 2.45) is 5.73 Å². The molecule has 3 N–H and O–H groups in total. The Labute approximate surface area is 117 Å². The molecule has 0 heterocycles. The molecule has 4 heteroatoms. The minimum Gasteiger partial charge on any atom is -0.489 e. The summed E-state index contributed by atoms with van der Waals surface area (Å²) >= 11 is 0. The van der Waals surface area contributed by atoms with Gasteiger partial charge in [-0.3, -0.25) is 5.41 Å². The monoisotopic (exact) mass is 272 g/mol. The average Bonchev–Trinajstić information content (AvgIpc) is 2.38. The topological polar surface area (TPSA) is 59.1 Å². The van der Waals surface area contributed by atoms with E-state index < -0.39 is 0 Å². The van der Waals surface area contributed by atoms with Crippen molar-refractivity contribution >= 4 is 5.84 Å². The predicted octanol–water partition coefficient (Wildman–Crippen LogP) is 3.31. The second kappa shape index (κ2) is 5.74. The van der Waals surface area contributed by atoms with Gasteiger partial charge in [-0.15, -0.1) is 0 Å². The number of ether oxygens (including phenoxy) is 1. The van der Waals surface area contributed by atoms with E-state index in [9.17, 15) is 4.39 Å². The maximum Gasteiger partial charge on any atom is 0.123 e. The van der Waals surface area contributed by atoms with Crippen LogP contribution < -0.4 is 10.5 Å². The lowest BCUT2D eigenvalue weighted by Crippen LogP contribution is -2.11. The van der Waals surface area contributed by atoms with Crippen molar-refractivity contribution < 1.29 is 9.13 Å². The first-order chi connectivity index (χ1) is 9.47. The molecule has 0 unspecified atom stereocenters. The molecule has 0 aliphatic carbocycles. The number of benzene rings is 2. The van der Waals surface area contributed by atoms with Crippen molar-refractivity contribution in [3.63, 3.8) is 0 Å². The minimum atomic E-state index is -0.267. The molecule has 2 aromatic rings. The standard InChI is InChI=1S/C16H17FN2O/c1-10-7-12(16(18)19)3-4-13(10)9-20-15-6-5-14(17)8-11(15)2/h3-8H,9H2,1-2H3,(H3,18,19). The fourth-order valence-corrected chi connectivity index (χ4v) is 1.96. The zero-order valence-electron chi connectivity index (χ0n) is 11.5. The molecule has 2 aromatic carbocycles. The minimum absolute atomic E-state index is 0.0509. The molecule has 2 rings (SSSR count). The number of nitrogen functional groups attached to an aromatic ring is 1. The van der Waals surface area contributed by atoms with E-state index in [1.165, 1.54) is 12.1 Å². The van der Waals surface area contributed by atoms with Crippen LogP contribution in [0.3, 0.4) is 0 Å². The van der Waals surface area contributed by atoms with Crippen LogP contribution in [0.4, 0.5) is 4.39 Å². The third-order valence-electron chi connectivity index (χ3n) is 3.17. The Morgan fingerprint density at radius 2 is 1.90 bits per heavy atom. The number of halogens is 1. The summed E-state index contributed by atoms with van der Waals surface area (Å²) in [5.41, 5.74) is 8.94. The third-order valence-corrected chi connectivity index (χ3v) is 3.17. The molecule has 0 aromatic heterocycles. The number of amidine groups is 1. The summed E-state index contributed by atoms with van der Waals surface area (Å²) in [6, 6.07) is 10.0. The predicted molar refractivity (Wildman–Crippen MR) is 77.7 cm³/mol. The molecule has 0 bridgehead atoms. The van der Waals surface area contributed by atoms with Gasteiger partial charge >= 0.3 is 0 Å². The summed E-state index contributed by atoms with van der Waals surface area (Å²) in [5.74, 6) is 0.452. The van der Waals surface area contributed by atoms with E-state index in [2.05, 4.69) is 0 Å². The molecule has 0 aliphatic rings. The van der Waals surface area contributed by atoms with E-state index in [0.29, 0.717) is 17.9 Å². The molecule has 20 heavy (non-hydrogen) atoms. The maximum atomic E-state index is 13.0. The largest absolute Gasteiger partial charge is 0.489 e. The summed E-state index contributed by atoms with van der Waals surface area (Å²) in [5, 5.41) is 7.40. The van der Waals surface area contributed by atoms with E-state index in [0.717, 1.165) is 16.7 Å². The lowest BCUT2D eigenvalue weighted by molar-refractivity contribution is 0.303. The van der Waals surface area contributed by atoms with Crippen molar-refractivity contribution in [1.82, 2.24) is 0 Å². The van der Waals surface area contributed by atoms with Crippen molar-refractivity contribution in [3.8, 4) is 5.75 Å². The van der Waals surface area contributed by atoms with E-state index >= 15 is 0 Å². The van der Waals surface area contributed by atoms with Gasteiger partial charge in [0.25, 0.3) is 0 Å². The summed E-state index contributed by atoms with van der Waals surface area (Å²) in [6.45, 7) is 4.16. The van der Waals surface area contributed by atoms with Gasteiger partial charge in [-0.25, -0.2) is 4.39 Å².